The minimum atomic E-state index is -0.883. The number of aldehydes is 1. The summed E-state index contributed by atoms with van der Waals surface area (Å²) in [5.41, 5.74) is 2.81. The van der Waals surface area contributed by atoms with Gasteiger partial charge in [-0.3, -0.25) is 9.59 Å². The molecule has 8 nitrogen and oxygen atoms in total. The minimum Gasteiger partial charge on any atom is -0.507 e. The van der Waals surface area contributed by atoms with Crippen LogP contribution in [0, 0.1) is 6.92 Å². The van der Waals surface area contributed by atoms with Gasteiger partial charge in [0.15, 0.2) is 6.29 Å². The van der Waals surface area contributed by atoms with Crippen LogP contribution in [0.2, 0.25) is 0 Å². The van der Waals surface area contributed by atoms with Gasteiger partial charge < -0.3 is 19.9 Å². The van der Waals surface area contributed by atoms with Crippen molar-refractivity contribution >= 4 is 23.6 Å². The molecule has 0 saturated carbocycles. The molecule has 3 aromatic rings. The molecule has 1 saturated heterocycles. The van der Waals surface area contributed by atoms with E-state index in [4.69, 9.17) is 9.47 Å². The van der Waals surface area contributed by atoms with Crippen LogP contribution in [0.4, 0.5) is 5.82 Å². The zero-order chi connectivity index (χ0) is 27.1. The summed E-state index contributed by atoms with van der Waals surface area (Å²) in [5, 5.41) is 22.8. The number of hydrogen-bond acceptors (Lipinski definition) is 8. The first-order valence-corrected chi connectivity index (χ1v) is 12.8. The average molecular weight is 516 g/mol. The van der Waals surface area contributed by atoms with Gasteiger partial charge in [-0.15, -0.1) is 5.10 Å². The first-order chi connectivity index (χ1) is 18.4. The summed E-state index contributed by atoms with van der Waals surface area (Å²) in [6.45, 7) is 7.31. The van der Waals surface area contributed by atoms with Crippen molar-refractivity contribution in [1.82, 2.24) is 10.2 Å². The van der Waals surface area contributed by atoms with Crippen LogP contribution < -0.4 is 10.1 Å². The Bertz CT molecular complexity index is 1260. The maximum Gasteiger partial charge on any atom is 0.227 e. The molecular formula is C30H33N3O5. The van der Waals surface area contributed by atoms with E-state index in [0.717, 1.165) is 24.1 Å². The number of aryl methyl sites for hydroxylation is 1. The van der Waals surface area contributed by atoms with E-state index in [2.05, 4.69) is 29.4 Å². The number of benzene rings is 2. The molecule has 0 radical (unpaired) electrons. The molecule has 4 rings (SSSR count). The summed E-state index contributed by atoms with van der Waals surface area (Å²) in [7, 11) is 0. The largest absolute Gasteiger partial charge is 0.507 e. The van der Waals surface area contributed by atoms with Crippen molar-refractivity contribution in [2.24, 2.45) is 0 Å². The van der Waals surface area contributed by atoms with Crippen LogP contribution in [0.1, 0.15) is 61.0 Å². The number of ketones is 1. The Kier molecular flexibility index (Phi) is 8.86. The molecule has 1 unspecified atom stereocenters. The number of aromatic nitrogens is 2. The Morgan fingerprint density at radius 1 is 1.00 bits per heavy atom. The zero-order valence-electron chi connectivity index (χ0n) is 21.9. The van der Waals surface area contributed by atoms with Gasteiger partial charge in [-0.1, -0.05) is 50.2 Å². The number of aliphatic hydroxyl groups excluding tert-OH is 1. The van der Waals surface area contributed by atoms with Gasteiger partial charge in [0, 0.05) is 18.4 Å². The number of nitrogens with zero attached hydrogens (tertiary/aromatic N) is 2. The normalized spacial score (nSPS) is 15.5. The van der Waals surface area contributed by atoms with Crippen LogP contribution in [0.5, 0.6) is 5.75 Å². The molecule has 1 aromatic heterocycles. The van der Waals surface area contributed by atoms with Crippen molar-refractivity contribution in [3.63, 3.8) is 0 Å². The lowest BCUT2D eigenvalue weighted by Crippen LogP contribution is -2.26. The lowest BCUT2D eigenvalue weighted by Gasteiger charge is -2.25. The van der Waals surface area contributed by atoms with E-state index in [1.807, 2.05) is 31.2 Å². The predicted octanol–water partition coefficient (Wildman–Crippen LogP) is 5.36. The van der Waals surface area contributed by atoms with Gasteiger partial charge in [-0.2, -0.15) is 5.10 Å². The van der Waals surface area contributed by atoms with Gasteiger partial charge in [0.1, 0.15) is 23.4 Å². The lowest BCUT2D eigenvalue weighted by molar-refractivity contribution is -0.127. The summed E-state index contributed by atoms with van der Waals surface area (Å²) < 4.78 is 11.5. The van der Waals surface area contributed by atoms with Crippen molar-refractivity contribution in [2.45, 2.75) is 51.7 Å². The topological polar surface area (TPSA) is 111 Å². The highest BCUT2D eigenvalue weighted by atomic mass is 16.5. The molecule has 2 heterocycles. The van der Waals surface area contributed by atoms with E-state index >= 15 is 0 Å². The van der Waals surface area contributed by atoms with Gasteiger partial charge in [0.25, 0.3) is 0 Å². The van der Waals surface area contributed by atoms with Crippen molar-refractivity contribution in [2.75, 3.05) is 18.5 Å². The molecule has 0 bridgehead atoms. The fraction of sp³-hybridized carbons (Fsp3) is 0.333. The maximum absolute atomic E-state index is 13.0. The van der Waals surface area contributed by atoms with E-state index in [9.17, 15) is 14.7 Å². The third-order valence-electron chi connectivity index (χ3n) is 6.54. The highest BCUT2D eigenvalue weighted by molar-refractivity contribution is 6.35. The highest BCUT2D eigenvalue weighted by Crippen LogP contribution is 2.33. The number of ether oxygens (including phenoxy) is 2. The molecule has 0 amide bonds. The number of nitrogens with one attached hydrogen (secondary N) is 1. The van der Waals surface area contributed by atoms with E-state index in [1.54, 1.807) is 36.4 Å². The molecule has 2 aromatic carbocycles. The predicted molar refractivity (Wildman–Crippen MR) is 145 cm³/mol. The van der Waals surface area contributed by atoms with Crippen molar-refractivity contribution in [3.05, 3.63) is 88.6 Å². The van der Waals surface area contributed by atoms with Crippen LogP contribution >= 0.6 is 0 Å². The number of Topliss-reactive ketones (excluding diaryl/α,β-unsaturated/α-hetero) is 1. The Morgan fingerprint density at radius 2 is 1.66 bits per heavy atom. The second kappa shape index (κ2) is 12.5. The molecule has 38 heavy (non-hydrogen) atoms. The fourth-order valence-electron chi connectivity index (χ4n) is 4.31. The quantitative estimate of drug-likeness (QED) is 0.161. The second-order valence-electron chi connectivity index (χ2n) is 9.66. The summed E-state index contributed by atoms with van der Waals surface area (Å²) in [5.74, 6) is 0.272. The van der Waals surface area contributed by atoms with Crippen molar-refractivity contribution in [1.29, 1.82) is 0 Å². The molecular weight excluding hydrogens is 482 g/mol. The first-order valence-electron chi connectivity index (χ1n) is 12.8. The van der Waals surface area contributed by atoms with Gasteiger partial charge in [0.2, 0.25) is 5.78 Å². The lowest BCUT2D eigenvalue weighted by atomic mass is 9.91. The van der Waals surface area contributed by atoms with Gasteiger partial charge in [0.05, 0.1) is 30.5 Å². The fourth-order valence-corrected chi connectivity index (χ4v) is 4.31. The highest BCUT2D eigenvalue weighted by Gasteiger charge is 2.28. The number of aliphatic hydroxyl groups is 1. The van der Waals surface area contributed by atoms with E-state index < -0.39 is 11.8 Å². The molecule has 8 heteroatoms. The molecule has 1 fully saturated rings. The smallest absolute Gasteiger partial charge is 0.227 e. The number of carbonyl (C=O) groups is 2. The van der Waals surface area contributed by atoms with Gasteiger partial charge >= 0.3 is 0 Å². The Hall–Kier alpha value is -4.04. The number of rotatable bonds is 10. The second-order valence-corrected chi connectivity index (χ2v) is 9.66. The Morgan fingerprint density at radius 3 is 2.24 bits per heavy atom. The summed E-state index contributed by atoms with van der Waals surface area (Å²) in [4.78, 5) is 24.7. The SMILES string of the molecule is Cc1ccc(NC(C(C(=O)C=O)=C(O)c2ccc(C(C)C)cc2)c2ccc(OC3CCOCC3)cc2)nn1. The standard InChI is InChI=1S/C30H33N3O5/c1-19(2)21-5-7-23(8-6-21)30(36)28(26(35)18-34)29(31-27-13-4-20(3)32-33-27)22-9-11-24(12-10-22)38-25-14-16-37-17-15-25/h4-13,18-19,25,29,36H,14-17H2,1-3H3,(H,31,33). The number of carbonyl (C=O) groups excluding carboxylic acids is 2. The van der Waals surface area contributed by atoms with Crippen LogP contribution in [-0.4, -0.2) is 46.7 Å². The summed E-state index contributed by atoms with van der Waals surface area (Å²) in [6, 6.07) is 17.2. The number of anilines is 1. The molecule has 1 aliphatic rings. The average Bonchev–Trinajstić information content (AvgIpc) is 2.94. The van der Waals surface area contributed by atoms with Crippen molar-refractivity contribution < 1.29 is 24.2 Å². The summed E-state index contributed by atoms with van der Waals surface area (Å²) in [6.07, 6.45) is 1.94. The first kappa shape index (κ1) is 27.0. The molecule has 198 valence electrons. The molecule has 1 atom stereocenters. The van der Waals surface area contributed by atoms with Crippen LogP contribution in [0.3, 0.4) is 0 Å². The summed E-state index contributed by atoms with van der Waals surface area (Å²) >= 11 is 0. The Labute approximate surface area is 222 Å². The third-order valence-corrected chi connectivity index (χ3v) is 6.54. The molecule has 0 spiro atoms. The number of hydrogen-bond donors (Lipinski definition) is 2. The van der Waals surface area contributed by atoms with Gasteiger partial charge in [-0.05, 0) is 48.2 Å². The molecule has 2 N–H and O–H groups in total. The third kappa shape index (κ3) is 6.63. The molecule has 0 aliphatic carbocycles. The van der Waals surface area contributed by atoms with E-state index in [0.29, 0.717) is 41.8 Å². The van der Waals surface area contributed by atoms with Crippen LogP contribution in [-0.2, 0) is 14.3 Å². The van der Waals surface area contributed by atoms with Crippen LogP contribution in [0.15, 0.2) is 66.2 Å². The van der Waals surface area contributed by atoms with Gasteiger partial charge in [-0.25, -0.2) is 0 Å². The minimum absolute atomic E-state index is 0.0799. The Balaban J connectivity index is 1.74. The zero-order valence-corrected chi connectivity index (χ0v) is 21.9. The maximum atomic E-state index is 13.0. The van der Waals surface area contributed by atoms with Crippen molar-refractivity contribution in [3.8, 4) is 5.75 Å². The van der Waals surface area contributed by atoms with Crippen LogP contribution in [0.25, 0.3) is 5.76 Å². The van der Waals surface area contributed by atoms with E-state index in [1.165, 1.54) is 0 Å². The monoisotopic (exact) mass is 515 g/mol. The molecule has 1 aliphatic heterocycles. The van der Waals surface area contributed by atoms with E-state index in [-0.39, 0.29) is 23.7 Å².